The van der Waals surface area contributed by atoms with Crippen LogP contribution in [0.5, 0.6) is 0 Å². The van der Waals surface area contributed by atoms with Crippen molar-refractivity contribution < 1.29 is 13.2 Å². The maximum Gasteiger partial charge on any atom is 0.241 e. The van der Waals surface area contributed by atoms with Crippen molar-refractivity contribution in [2.45, 2.75) is 65.8 Å². The van der Waals surface area contributed by atoms with Crippen LogP contribution in [0.2, 0.25) is 0 Å². The fourth-order valence-corrected chi connectivity index (χ4v) is 4.42. The van der Waals surface area contributed by atoms with Crippen LogP contribution in [0, 0.1) is 34.6 Å². The molecule has 0 saturated carbocycles. The average Bonchev–Trinajstić information content (AvgIpc) is 2.47. The molecule has 1 rings (SSSR count). The first-order chi connectivity index (χ1) is 10.5. The molecule has 1 aromatic rings. The van der Waals surface area contributed by atoms with Gasteiger partial charge in [-0.3, -0.25) is 4.79 Å². The third kappa shape index (κ3) is 4.12. The average molecular weight is 340 g/mol. The smallest absolute Gasteiger partial charge is 0.241 e. The lowest BCUT2D eigenvalue weighted by molar-refractivity contribution is -0.122. The Morgan fingerprint density at radius 1 is 0.957 bits per heavy atom. The van der Waals surface area contributed by atoms with Crippen LogP contribution in [0.1, 0.15) is 48.1 Å². The normalized spacial score (nSPS) is 13.0. The van der Waals surface area contributed by atoms with Crippen LogP contribution in [-0.4, -0.2) is 26.9 Å². The summed E-state index contributed by atoms with van der Waals surface area (Å²) >= 11 is 0. The van der Waals surface area contributed by atoms with Crippen molar-refractivity contribution in [3.8, 4) is 0 Å². The van der Waals surface area contributed by atoms with Crippen LogP contribution >= 0.6 is 0 Å². The van der Waals surface area contributed by atoms with Crippen molar-refractivity contribution in [3.63, 3.8) is 0 Å². The maximum atomic E-state index is 12.8. The number of benzene rings is 1. The Kier molecular flexibility index (Phi) is 6.36. The first-order valence-corrected chi connectivity index (χ1v) is 9.39. The molecule has 1 atom stereocenters. The number of hydrogen-bond donors (Lipinski definition) is 2. The highest BCUT2D eigenvalue weighted by Crippen LogP contribution is 2.29. The number of rotatable bonds is 6. The lowest BCUT2D eigenvalue weighted by Crippen LogP contribution is -2.45. The highest BCUT2D eigenvalue weighted by molar-refractivity contribution is 7.89. The number of nitrogens with one attached hydrogen (secondary N) is 2. The van der Waals surface area contributed by atoms with E-state index in [1.807, 2.05) is 41.5 Å². The van der Waals surface area contributed by atoms with Crippen molar-refractivity contribution in [2.75, 3.05) is 6.54 Å². The van der Waals surface area contributed by atoms with E-state index in [1.54, 1.807) is 6.92 Å². The Labute approximate surface area is 139 Å². The summed E-state index contributed by atoms with van der Waals surface area (Å²) < 4.78 is 28.1. The third-order valence-electron chi connectivity index (χ3n) is 4.47. The molecule has 0 aromatic heterocycles. The second kappa shape index (κ2) is 7.45. The molecule has 0 unspecified atom stereocenters. The Hall–Kier alpha value is -1.40. The molecular formula is C17H28N2O3S. The largest absolute Gasteiger partial charge is 0.355 e. The number of hydrogen-bond acceptors (Lipinski definition) is 3. The van der Waals surface area contributed by atoms with E-state index in [4.69, 9.17) is 0 Å². The van der Waals surface area contributed by atoms with Gasteiger partial charge in [0.1, 0.15) is 0 Å². The number of amides is 1. The minimum Gasteiger partial charge on any atom is -0.355 e. The van der Waals surface area contributed by atoms with E-state index in [0.717, 1.165) is 34.2 Å². The van der Waals surface area contributed by atoms with E-state index < -0.39 is 16.1 Å². The quantitative estimate of drug-likeness (QED) is 0.835. The van der Waals surface area contributed by atoms with Gasteiger partial charge >= 0.3 is 0 Å². The molecule has 5 nitrogen and oxygen atoms in total. The number of carbonyl (C=O) groups excluding carboxylic acids is 1. The SMILES string of the molecule is CCCNC(=O)[C@@H](C)NS(=O)(=O)c1c(C)c(C)c(C)c(C)c1C. The van der Waals surface area contributed by atoms with Crippen molar-refractivity contribution >= 4 is 15.9 Å². The van der Waals surface area contributed by atoms with E-state index in [2.05, 4.69) is 10.0 Å². The summed E-state index contributed by atoms with van der Waals surface area (Å²) in [7, 11) is -3.76. The van der Waals surface area contributed by atoms with Gasteiger partial charge in [0, 0.05) is 6.54 Å². The van der Waals surface area contributed by atoms with Crippen LogP contribution in [0.3, 0.4) is 0 Å². The van der Waals surface area contributed by atoms with Gasteiger partial charge in [0.25, 0.3) is 0 Å². The van der Waals surface area contributed by atoms with Gasteiger partial charge in [-0.2, -0.15) is 4.72 Å². The molecular weight excluding hydrogens is 312 g/mol. The summed E-state index contributed by atoms with van der Waals surface area (Å²) in [6.07, 6.45) is 0.805. The molecule has 0 spiro atoms. The molecule has 1 aromatic carbocycles. The van der Waals surface area contributed by atoms with Crippen LogP contribution in [0.15, 0.2) is 4.90 Å². The molecule has 130 valence electrons. The monoisotopic (exact) mass is 340 g/mol. The molecule has 0 saturated heterocycles. The molecule has 0 aliphatic rings. The lowest BCUT2D eigenvalue weighted by Gasteiger charge is -2.21. The zero-order valence-electron chi connectivity index (χ0n) is 15.1. The molecule has 0 heterocycles. The van der Waals surface area contributed by atoms with Gasteiger partial charge in [0.2, 0.25) is 15.9 Å². The van der Waals surface area contributed by atoms with Crippen molar-refractivity contribution in [2.24, 2.45) is 0 Å². The minimum atomic E-state index is -3.76. The molecule has 2 N–H and O–H groups in total. The fraction of sp³-hybridized carbons (Fsp3) is 0.588. The van der Waals surface area contributed by atoms with Crippen molar-refractivity contribution in [3.05, 3.63) is 27.8 Å². The van der Waals surface area contributed by atoms with Crippen LogP contribution in [0.4, 0.5) is 0 Å². The molecule has 0 bridgehead atoms. The molecule has 0 aliphatic carbocycles. The summed E-state index contributed by atoms with van der Waals surface area (Å²) in [6.45, 7) is 13.5. The van der Waals surface area contributed by atoms with E-state index in [-0.39, 0.29) is 10.8 Å². The standard InChI is InChI=1S/C17H28N2O3S/c1-8-9-18-17(20)15(7)19-23(21,22)16-13(5)11(3)10(2)12(4)14(16)6/h15,19H,8-9H2,1-7H3,(H,18,20)/t15-/m1/s1. The Bertz CT molecular complexity index is 680. The van der Waals surface area contributed by atoms with Gasteiger partial charge in [-0.05, 0) is 75.8 Å². The van der Waals surface area contributed by atoms with Crippen LogP contribution in [-0.2, 0) is 14.8 Å². The zero-order chi connectivity index (χ0) is 17.9. The van der Waals surface area contributed by atoms with Gasteiger partial charge in [0.15, 0.2) is 0 Å². The molecule has 0 aliphatic heterocycles. The number of carbonyl (C=O) groups is 1. The molecule has 1 amide bonds. The van der Waals surface area contributed by atoms with E-state index >= 15 is 0 Å². The second-order valence-corrected chi connectivity index (χ2v) is 7.74. The van der Waals surface area contributed by atoms with E-state index in [9.17, 15) is 13.2 Å². The Morgan fingerprint density at radius 3 is 1.83 bits per heavy atom. The predicted octanol–water partition coefficient (Wildman–Crippen LogP) is 2.42. The van der Waals surface area contributed by atoms with Crippen molar-refractivity contribution in [1.82, 2.24) is 10.0 Å². The first kappa shape index (κ1) is 19.6. The predicted molar refractivity (Wildman–Crippen MR) is 93.2 cm³/mol. The molecule has 23 heavy (non-hydrogen) atoms. The number of sulfonamides is 1. The first-order valence-electron chi connectivity index (χ1n) is 7.91. The summed E-state index contributed by atoms with van der Waals surface area (Å²) in [5.41, 5.74) is 4.51. The van der Waals surface area contributed by atoms with Gasteiger partial charge in [0.05, 0.1) is 10.9 Å². The fourth-order valence-electron chi connectivity index (χ4n) is 2.62. The van der Waals surface area contributed by atoms with E-state index in [1.165, 1.54) is 0 Å². The zero-order valence-corrected chi connectivity index (χ0v) is 15.9. The molecule has 0 fully saturated rings. The van der Waals surface area contributed by atoms with Gasteiger partial charge in [-0.15, -0.1) is 0 Å². The summed E-state index contributed by atoms with van der Waals surface area (Å²) in [6, 6.07) is -0.813. The van der Waals surface area contributed by atoms with Gasteiger partial charge < -0.3 is 5.32 Å². The van der Waals surface area contributed by atoms with Crippen molar-refractivity contribution in [1.29, 1.82) is 0 Å². The lowest BCUT2D eigenvalue weighted by atomic mass is 9.95. The van der Waals surface area contributed by atoms with Crippen LogP contribution in [0.25, 0.3) is 0 Å². The summed E-state index contributed by atoms with van der Waals surface area (Å²) in [4.78, 5) is 12.2. The maximum absolute atomic E-state index is 12.8. The summed E-state index contributed by atoms with van der Waals surface area (Å²) in [5.74, 6) is -0.314. The van der Waals surface area contributed by atoms with Crippen LogP contribution < -0.4 is 10.0 Å². The van der Waals surface area contributed by atoms with Gasteiger partial charge in [-0.25, -0.2) is 8.42 Å². The highest BCUT2D eigenvalue weighted by atomic mass is 32.2. The topological polar surface area (TPSA) is 75.3 Å². The van der Waals surface area contributed by atoms with E-state index in [0.29, 0.717) is 6.54 Å². The Balaban J connectivity index is 3.23. The Morgan fingerprint density at radius 2 is 1.39 bits per heavy atom. The van der Waals surface area contributed by atoms with Gasteiger partial charge in [-0.1, -0.05) is 6.92 Å². The second-order valence-electron chi connectivity index (χ2n) is 6.09. The molecule has 0 radical (unpaired) electrons. The molecule has 6 heteroatoms. The third-order valence-corrected chi connectivity index (χ3v) is 6.29. The highest BCUT2D eigenvalue weighted by Gasteiger charge is 2.27. The minimum absolute atomic E-state index is 0.285. The summed E-state index contributed by atoms with van der Waals surface area (Å²) in [5, 5.41) is 2.70.